The average molecular weight is 874 g/mol. The van der Waals surface area contributed by atoms with Crippen LogP contribution in [0, 0.1) is 0 Å². The minimum Gasteiger partial charge on any atom is -0.466 e. The lowest BCUT2D eigenvalue weighted by atomic mass is 10.0. The number of unbranched alkanes of at least 4 members (excludes halogenated alkanes) is 36. The van der Waals surface area contributed by atoms with Crippen LogP contribution in [-0.2, 0) is 14.3 Å². The first kappa shape index (κ1) is 60.3. The molecule has 0 saturated carbocycles. The molecule has 0 bridgehead atoms. The minimum absolute atomic E-state index is 0.0203. The molecule has 0 saturated heterocycles. The molecule has 0 aromatic heterocycles. The van der Waals surface area contributed by atoms with Gasteiger partial charge in [0.1, 0.15) is 0 Å². The van der Waals surface area contributed by atoms with Gasteiger partial charge in [-0.2, -0.15) is 0 Å². The molecule has 6 nitrogen and oxygen atoms in total. The van der Waals surface area contributed by atoms with Gasteiger partial charge < -0.3 is 20.3 Å². The quantitative estimate of drug-likeness (QED) is 0.0321. The smallest absolute Gasteiger partial charge is 0.305 e. The van der Waals surface area contributed by atoms with Crippen LogP contribution in [0.25, 0.3) is 0 Å². The van der Waals surface area contributed by atoms with Gasteiger partial charge in [-0.25, -0.2) is 0 Å². The van der Waals surface area contributed by atoms with E-state index in [0.717, 1.165) is 64.2 Å². The number of nitrogens with one attached hydrogen (secondary N) is 1. The van der Waals surface area contributed by atoms with Crippen LogP contribution in [0.2, 0.25) is 0 Å². The van der Waals surface area contributed by atoms with Crippen molar-refractivity contribution in [3.05, 3.63) is 24.3 Å². The summed E-state index contributed by atoms with van der Waals surface area (Å²) in [6.45, 7) is 4.87. The van der Waals surface area contributed by atoms with Crippen LogP contribution in [0.15, 0.2) is 24.3 Å². The Morgan fingerprint density at radius 3 is 1.29 bits per heavy atom. The van der Waals surface area contributed by atoms with Crippen LogP contribution < -0.4 is 5.32 Å². The monoisotopic (exact) mass is 874 g/mol. The number of carbonyl (C=O) groups is 2. The van der Waals surface area contributed by atoms with Crippen LogP contribution in [0.5, 0.6) is 0 Å². The molecular weight excluding hydrogens is 767 g/mol. The van der Waals surface area contributed by atoms with Crippen molar-refractivity contribution in [1.29, 1.82) is 0 Å². The van der Waals surface area contributed by atoms with Crippen molar-refractivity contribution in [2.24, 2.45) is 0 Å². The van der Waals surface area contributed by atoms with Crippen LogP contribution in [-0.4, -0.2) is 47.4 Å². The van der Waals surface area contributed by atoms with Gasteiger partial charge in [-0.05, 0) is 51.4 Å². The predicted octanol–water partition coefficient (Wildman–Crippen LogP) is 16.7. The molecule has 2 unspecified atom stereocenters. The van der Waals surface area contributed by atoms with Gasteiger partial charge in [-0.3, -0.25) is 9.59 Å². The van der Waals surface area contributed by atoms with E-state index in [1.165, 1.54) is 199 Å². The molecule has 0 fully saturated rings. The van der Waals surface area contributed by atoms with E-state index in [4.69, 9.17) is 4.74 Å². The number of esters is 1. The molecule has 0 heterocycles. The molecular formula is C56H107NO5. The lowest BCUT2D eigenvalue weighted by Gasteiger charge is -2.22. The summed E-state index contributed by atoms with van der Waals surface area (Å²) in [6, 6.07) is -0.552. The minimum atomic E-state index is -0.674. The Kier molecular flexibility index (Phi) is 50.6. The van der Waals surface area contributed by atoms with Crippen molar-refractivity contribution in [3.8, 4) is 0 Å². The fourth-order valence-electron chi connectivity index (χ4n) is 8.50. The van der Waals surface area contributed by atoms with Gasteiger partial charge in [0.05, 0.1) is 25.4 Å². The number of rotatable bonds is 51. The number of hydrogen-bond donors (Lipinski definition) is 3. The highest BCUT2D eigenvalue weighted by molar-refractivity contribution is 5.76. The highest BCUT2D eigenvalue weighted by atomic mass is 16.5. The zero-order valence-corrected chi connectivity index (χ0v) is 41.6. The first-order chi connectivity index (χ1) is 30.5. The van der Waals surface area contributed by atoms with Gasteiger partial charge in [0, 0.05) is 12.8 Å². The summed E-state index contributed by atoms with van der Waals surface area (Å²) in [5, 5.41) is 23.3. The van der Waals surface area contributed by atoms with Crippen molar-refractivity contribution in [3.63, 3.8) is 0 Å². The standard InChI is InChI=1S/C56H107NO5/c1-3-5-7-9-11-13-15-17-18-19-20-21-22-25-28-32-36-40-44-48-54(59)53(52-58)57-55(60)49-45-41-37-33-29-26-23-27-31-35-39-43-47-51-62-56(61)50-46-42-38-34-30-24-16-14-12-10-8-6-4-2/h8,10,14,16,53-54,58-59H,3-7,9,11-13,15,17-52H2,1-2H3,(H,57,60)/b10-8-,16-14-. The van der Waals surface area contributed by atoms with E-state index in [2.05, 4.69) is 43.5 Å². The number of carbonyl (C=O) groups excluding carboxylic acids is 2. The Hall–Kier alpha value is -1.66. The lowest BCUT2D eigenvalue weighted by molar-refractivity contribution is -0.143. The first-order valence-electron chi connectivity index (χ1n) is 27.6. The van der Waals surface area contributed by atoms with E-state index >= 15 is 0 Å². The number of ether oxygens (including phenoxy) is 1. The molecule has 62 heavy (non-hydrogen) atoms. The molecule has 0 aromatic carbocycles. The molecule has 0 spiro atoms. The summed E-state index contributed by atoms with van der Waals surface area (Å²) in [6.07, 6.45) is 61.5. The maximum absolute atomic E-state index is 12.5. The van der Waals surface area contributed by atoms with E-state index in [1.54, 1.807) is 0 Å². The third-order valence-electron chi connectivity index (χ3n) is 12.7. The number of aliphatic hydroxyl groups excluding tert-OH is 2. The molecule has 6 heteroatoms. The molecule has 1 amide bonds. The normalized spacial score (nSPS) is 12.8. The van der Waals surface area contributed by atoms with Crippen molar-refractivity contribution in [2.45, 2.75) is 309 Å². The summed E-state index contributed by atoms with van der Waals surface area (Å²) in [4.78, 5) is 24.5. The highest BCUT2D eigenvalue weighted by Gasteiger charge is 2.20. The molecule has 0 aliphatic rings. The molecule has 2 atom stereocenters. The third-order valence-corrected chi connectivity index (χ3v) is 12.7. The Bertz CT molecular complexity index is 966. The first-order valence-corrected chi connectivity index (χ1v) is 27.6. The molecule has 0 radical (unpaired) electrons. The Labute approximate surface area is 386 Å². The summed E-state index contributed by atoms with van der Waals surface area (Å²) < 4.78 is 5.45. The van der Waals surface area contributed by atoms with Crippen LogP contribution in [0.1, 0.15) is 296 Å². The van der Waals surface area contributed by atoms with Gasteiger partial charge in [0.25, 0.3) is 0 Å². The second kappa shape index (κ2) is 52.0. The van der Waals surface area contributed by atoms with Crippen LogP contribution >= 0.6 is 0 Å². The fraction of sp³-hybridized carbons (Fsp3) is 0.893. The van der Waals surface area contributed by atoms with Gasteiger partial charge in [-0.1, -0.05) is 256 Å². The second-order valence-electron chi connectivity index (χ2n) is 18.9. The molecule has 0 aliphatic carbocycles. The lowest BCUT2D eigenvalue weighted by Crippen LogP contribution is -2.45. The molecule has 3 N–H and O–H groups in total. The fourth-order valence-corrected chi connectivity index (χ4v) is 8.50. The van der Waals surface area contributed by atoms with Crippen LogP contribution in [0.3, 0.4) is 0 Å². The van der Waals surface area contributed by atoms with E-state index in [-0.39, 0.29) is 18.5 Å². The van der Waals surface area contributed by atoms with Crippen molar-refractivity contribution >= 4 is 11.9 Å². The number of amides is 1. The van der Waals surface area contributed by atoms with Gasteiger partial charge in [-0.15, -0.1) is 0 Å². The highest BCUT2D eigenvalue weighted by Crippen LogP contribution is 2.17. The zero-order chi connectivity index (χ0) is 45.1. The largest absolute Gasteiger partial charge is 0.466 e. The summed E-state index contributed by atoms with van der Waals surface area (Å²) in [5.74, 6) is -0.0669. The van der Waals surface area contributed by atoms with E-state index in [0.29, 0.717) is 25.9 Å². The third kappa shape index (κ3) is 47.8. The summed E-state index contributed by atoms with van der Waals surface area (Å²) in [7, 11) is 0. The average Bonchev–Trinajstić information content (AvgIpc) is 3.27. The van der Waals surface area contributed by atoms with Crippen molar-refractivity contribution < 1.29 is 24.5 Å². The van der Waals surface area contributed by atoms with Gasteiger partial charge in [0.15, 0.2) is 0 Å². The van der Waals surface area contributed by atoms with Crippen LogP contribution in [0.4, 0.5) is 0 Å². The summed E-state index contributed by atoms with van der Waals surface area (Å²) >= 11 is 0. The van der Waals surface area contributed by atoms with E-state index in [9.17, 15) is 19.8 Å². The van der Waals surface area contributed by atoms with Crippen molar-refractivity contribution in [1.82, 2.24) is 5.32 Å². The van der Waals surface area contributed by atoms with Crippen molar-refractivity contribution in [2.75, 3.05) is 13.2 Å². The SMILES string of the molecule is CCC/C=C\C/C=C\CCCCCCCC(=O)OCCCCCCCCCCCCCCCC(=O)NC(CO)C(O)CCCCCCCCCCCCCCCCCCCCC. The molecule has 0 aromatic rings. The zero-order valence-electron chi connectivity index (χ0n) is 41.6. The van der Waals surface area contributed by atoms with Gasteiger partial charge in [0.2, 0.25) is 5.91 Å². The Morgan fingerprint density at radius 1 is 0.452 bits per heavy atom. The topological polar surface area (TPSA) is 95.9 Å². The number of hydrogen-bond acceptors (Lipinski definition) is 5. The number of allylic oxidation sites excluding steroid dienone is 4. The van der Waals surface area contributed by atoms with Gasteiger partial charge >= 0.3 is 5.97 Å². The Balaban J connectivity index is 3.46. The number of aliphatic hydroxyl groups is 2. The maximum atomic E-state index is 12.5. The second-order valence-corrected chi connectivity index (χ2v) is 18.9. The van der Waals surface area contributed by atoms with E-state index < -0.39 is 12.1 Å². The Morgan fingerprint density at radius 2 is 0.839 bits per heavy atom. The molecule has 0 rings (SSSR count). The predicted molar refractivity (Wildman–Crippen MR) is 269 cm³/mol. The molecule has 366 valence electrons. The van der Waals surface area contributed by atoms with E-state index in [1.807, 2.05) is 0 Å². The molecule has 0 aliphatic heterocycles. The maximum Gasteiger partial charge on any atom is 0.305 e. The summed E-state index contributed by atoms with van der Waals surface area (Å²) in [5.41, 5.74) is 0.